The number of rotatable bonds is 5. The van der Waals surface area contributed by atoms with Gasteiger partial charge in [0.2, 0.25) is 5.91 Å². The molecule has 0 radical (unpaired) electrons. The standard InChI is InChI=1S/C27H29N3O.C2H6.2H2/c1-18-23(20-8-5-4-6-9-20)24(21-13-11-19(12-14-21)16-30(2)3)29-26-15-7-10-22(25(28)31)27(18,26)17-26;1-2;;/h4-15,23-24,29H,1,16-17H2,2-3H3,(H2,28,31);1-2H3;2*1H. The van der Waals surface area contributed by atoms with Crippen LogP contribution in [0.2, 0.25) is 0 Å². The minimum atomic E-state index is -0.421. The second-order valence-corrected chi connectivity index (χ2v) is 9.37. The van der Waals surface area contributed by atoms with Gasteiger partial charge >= 0.3 is 0 Å². The molecule has 2 aliphatic carbocycles. The van der Waals surface area contributed by atoms with Gasteiger partial charge in [-0.25, -0.2) is 0 Å². The van der Waals surface area contributed by atoms with Crippen LogP contribution in [0, 0.1) is 5.41 Å². The van der Waals surface area contributed by atoms with E-state index in [2.05, 4.69) is 85.5 Å². The van der Waals surface area contributed by atoms with E-state index in [0.29, 0.717) is 5.57 Å². The zero-order valence-electron chi connectivity index (χ0n) is 20.1. The zero-order chi connectivity index (χ0) is 23.8. The highest BCUT2D eigenvalue weighted by Crippen LogP contribution is 2.73. The van der Waals surface area contributed by atoms with E-state index >= 15 is 0 Å². The number of allylic oxidation sites excluding steroid dienone is 2. The van der Waals surface area contributed by atoms with Crippen LogP contribution < -0.4 is 11.1 Å². The minimum absolute atomic E-state index is 0. The highest BCUT2D eigenvalue weighted by molar-refractivity contribution is 5.97. The van der Waals surface area contributed by atoms with Gasteiger partial charge in [0.05, 0.1) is 5.54 Å². The third-order valence-corrected chi connectivity index (χ3v) is 7.22. The van der Waals surface area contributed by atoms with Crippen molar-refractivity contribution in [1.82, 2.24) is 10.2 Å². The van der Waals surface area contributed by atoms with Gasteiger partial charge in [-0.1, -0.05) is 98.8 Å². The summed E-state index contributed by atoms with van der Waals surface area (Å²) < 4.78 is 0. The molecule has 0 bridgehead atoms. The first-order valence-electron chi connectivity index (χ1n) is 11.8. The predicted molar refractivity (Wildman–Crippen MR) is 140 cm³/mol. The maximum atomic E-state index is 12.4. The fraction of sp³-hybridized carbons (Fsp3) is 0.345. The molecule has 1 aliphatic heterocycles. The molecule has 4 heteroatoms. The lowest BCUT2D eigenvalue weighted by Gasteiger charge is -2.45. The highest BCUT2D eigenvalue weighted by atomic mass is 16.1. The number of primary amides is 1. The minimum Gasteiger partial charge on any atom is -0.366 e. The molecule has 0 spiro atoms. The van der Waals surface area contributed by atoms with Gasteiger partial charge in [-0.3, -0.25) is 10.1 Å². The molecule has 4 atom stereocenters. The third-order valence-electron chi connectivity index (χ3n) is 7.22. The summed E-state index contributed by atoms with van der Waals surface area (Å²) in [6.45, 7) is 9.51. The van der Waals surface area contributed by atoms with Crippen LogP contribution in [-0.4, -0.2) is 30.4 Å². The average Bonchev–Trinajstić information content (AvgIpc) is 3.52. The Morgan fingerprint density at radius 3 is 2.39 bits per heavy atom. The quantitative estimate of drug-likeness (QED) is 0.609. The van der Waals surface area contributed by atoms with Crippen molar-refractivity contribution in [3.63, 3.8) is 0 Å². The zero-order valence-corrected chi connectivity index (χ0v) is 20.1. The number of carbonyl (C=O) groups excluding carboxylic acids is 1. The van der Waals surface area contributed by atoms with Crippen LogP contribution in [0.4, 0.5) is 0 Å². The van der Waals surface area contributed by atoms with Crippen LogP contribution in [0.1, 0.15) is 51.8 Å². The topological polar surface area (TPSA) is 58.4 Å². The summed E-state index contributed by atoms with van der Waals surface area (Å²) in [6, 6.07) is 19.4. The fourth-order valence-corrected chi connectivity index (χ4v) is 5.80. The van der Waals surface area contributed by atoms with Crippen LogP contribution in [-0.2, 0) is 11.3 Å². The first-order valence-corrected chi connectivity index (χ1v) is 11.8. The summed E-state index contributed by atoms with van der Waals surface area (Å²) in [7, 11) is 4.16. The summed E-state index contributed by atoms with van der Waals surface area (Å²) in [6.07, 6.45) is 6.85. The summed E-state index contributed by atoms with van der Waals surface area (Å²) in [5.41, 5.74) is 10.6. The first-order chi connectivity index (χ1) is 15.9. The van der Waals surface area contributed by atoms with E-state index < -0.39 is 5.41 Å². The van der Waals surface area contributed by atoms with E-state index in [9.17, 15) is 4.79 Å². The molecule has 1 amide bonds. The van der Waals surface area contributed by atoms with Crippen molar-refractivity contribution < 1.29 is 7.65 Å². The number of nitrogens with two attached hydrogens (primary N) is 1. The van der Waals surface area contributed by atoms with E-state index in [1.165, 1.54) is 16.7 Å². The van der Waals surface area contributed by atoms with Gasteiger partial charge in [0, 0.05) is 32.3 Å². The van der Waals surface area contributed by atoms with Crippen LogP contribution in [0.3, 0.4) is 0 Å². The molecule has 33 heavy (non-hydrogen) atoms. The van der Waals surface area contributed by atoms with Gasteiger partial charge in [0.15, 0.2) is 0 Å². The Kier molecular flexibility index (Phi) is 6.17. The van der Waals surface area contributed by atoms with Crippen molar-refractivity contribution in [2.45, 2.75) is 44.3 Å². The predicted octanol–water partition coefficient (Wildman–Crippen LogP) is 5.36. The molecule has 1 saturated heterocycles. The van der Waals surface area contributed by atoms with E-state index in [0.717, 1.165) is 18.5 Å². The summed E-state index contributed by atoms with van der Waals surface area (Å²) in [5, 5.41) is 3.93. The monoisotopic (exact) mass is 445 g/mol. The van der Waals surface area contributed by atoms with Gasteiger partial charge in [0.25, 0.3) is 0 Å². The lowest BCUT2D eigenvalue weighted by molar-refractivity contribution is -0.115. The summed E-state index contributed by atoms with van der Waals surface area (Å²) >= 11 is 0. The number of amides is 1. The molecule has 3 N–H and O–H groups in total. The molecular weight excluding hydrogens is 406 g/mol. The molecule has 1 heterocycles. The number of nitrogens with zero attached hydrogens (tertiary/aromatic N) is 1. The Morgan fingerprint density at radius 1 is 1.12 bits per heavy atom. The molecular formula is C29H39N3O. The fourth-order valence-electron chi connectivity index (χ4n) is 5.80. The van der Waals surface area contributed by atoms with E-state index in [1.54, 1.807) is 0 Å². The Bertz CT molecular complexity index is 1110. The molecule has 1 saturated carbocycles. The molecule has 4 nitrogen and oxygen atoms in total. The van der Waals surface area contributed by atoms with Gasteiger partial charge in [-0.2, -0.15) is 0 Å². The molecule has 0 aromatic heterocycles. The maximum Gasteiger partial charge on any atom is 0.245 e. The number of piperidine rings is 1. The number of benzene rings is 2. The van der Waals surface area contributed by atoms with Crippen molar-refractivity contribution in [2.75, 3.05) is 14.1 Å². The van der Waals surface area contributed by atoms with Crippen LogP contribution >= 0.6 is 0 Å². The Hall–Kier alpha value is -2.95. The second kappa shape index (κ2) is 8.77. The average molecular weight is 446 g/mol. The van der Waals surface area contributed by atoms with E-state index in [-0.39, 0.29) is 26.3 Å². The van der Waals surface area contributed by atoms with Crippen molar-refractivity contribution in [2.24, 2.45) is 11.1 Å². The Balaban J connectivity index is 0.00000105. The molecule has 2 aromatic carbocycles. The van der Waals surface area contributed by atoms with Crippen molar-refractivity contribution in [3.8, 4) is 0 Å². The lowest BCUT2D eigenvalue weighted by atomic mass is 9.67. The molecule has 2 aromatic rings. The molecule has 176 valence electrons. The number of nitrogens with one attached hydrogen (secondary N) is 1. The normalized spacial score (nSPS) is 29.4. The summed E-state index contributed by atoms with van der Waals surface area (Å²) in [4.78, 5) is 14.5. The Labute approximate surface area is 200 Å². The van der Waals surface area contributed by atoms with Gasteiger partial charge in [-0.15, -0.1) is 0 Å². The van der Waals surface area contributed by atoms with Crippen LogP contribution in [0.25, 0.3) is 0 Å². The lowest BCUT2D eigenvalue weighted by Crippen LogP contribution is -2.49. The van der Waals surface area contributed by atoms with Crippen LogP contribution in [0.15, 0.2) is 90.6 Å². The van der Waals surface area contributed by atoms with Gasteiger partial charge in [-0.05, 0) is 37.2 Å². The van der Waals surface area contributed by atoms with Gasteiger partial charge < -0.3 is 10.6 Å². The van der Waals surface area contributed by atoms with Crippen molar-refractivity contribution >= 4 is 5.91 Å². The smallest absolute Gasteiger partial charge is 0.245 e. The summed E-state index contributed by atoms with van der Waals surface area (Å²) in [5.74, 6) is -0.307. The van der Waals surface area contributed by atoms with Gasteiger partial charge in [0.1, 0.15) is 0 Å². The number of hydrogen-bond donors (Lipinski definition) is 2. The first kappa shape index (κ1) is 23.2. The second-order valence-electron chi connectivity index (χ2n) is 9.37. The number of hydrogen-bond acceptors (Lipinski definition) is 3. The van der Waals surface area contributed by atoms with E-state index in [4.69, 9.17) is 5.73 Å². The van der Waals surface area contributed by atoms with Crippen molar-refractivity contribution in [3.05, 3.63) is 107 Å². The molecule has 2 fully saturated rings. The largest absolute Gasteiger partial charge is 0.366 e. The molecule has 4 unspecified atom stereocenters. The SMILES string of the molecule is C=C1C(c2ccccc2)C(c2ccc(CN(C)C)cc2)NC23C=CC=C(C(N)=O)C12C3.CC.[HH].[HH]. The molecule has 5 rings (SSSR count). The maximum absolute atomic E-state index is 12.4. The third kappa shape index (κ3) is 3.68. The van der Waals surface area contributed by atoms with Crippen LogP contribution in [0.5, 0.6) is 0 Å². The Morgan fingerprint density at radius 2 is 1.79 bits per heavy atom. The van der Waals surface area contributed by atoms with Crippen molar-refractivity contribution in [1.29, 1.82) is 0 Å². The molecule has 3 aliphatic rings. The van der Waals surface area contributed by atoms with E-state index in [1.807, 2.05) is 32.1 Å². The number of carbonyl (C=O) groups is 1. The highest BCUT2D eigenvalue weighted by Gasteiger charge is 2.74.